The van der Waals surface area contributed by atoms with Gasteiger partial charge in [-0.2, -0.15) is 0 Å². The Kier molecular flexibility index (Phi) is 6.45. The summed E-state index contributed by atoms with van der Waals surface area (Å²) in [5.74, 6) is -1.01. The maximum absolute atomic E-state index is 13.0. The molecule has 142 valence electrons. The number of benzene rings is 3. The van der Waals surface area contributed by atoms with E-state index in [1.165, 1.54) is 0 Å². The molecule has 0 aliphatic heterocycles. The van der Waals surface area contributed by atoms with Crippen LogP contribution in [0.4, 0.5) is 5.69 Å². The number of carbonyl (C=O) groups is 2. The SMILES string of the molecule is CC(NC(=O)C(c1ccccc1)c1ccccc1)C(=O)Nc1ccc(Cl)cc1. The minimum Gasteiger partial charge on any atom is -0.344 e. The Balaban J connectivity index is 1.74. The van der Waals surface area contributed by atoms with Crippen LogP contribution in [0.3, 0.4) is 0 Å². The smallest absolute Gasteiger partial charge is 0.246 e. The van der Waals surface area contributed by atoms with Gasteiger partial charge in [0.1, 0.15) is 6.04 Å². The maximum Gasteiger partial charge on any atom is 0.246 e. The lowest BCUT2D eigenvalue weighted by atomic mass is 9.90. The van der Waals surface area contributed by atoms with E-state index in [0.29, 0.717) is 10.7 Å². The Morgan fingerprint density at radius 3 is 1.75 bits per heavy atom. The number of amides is 2. The van der Waals surface area contributed by atoms with Gasteiger partial charge in [0, 0.05) is 10.7 Å². The van der Waals surface area contributed by atoms with Crippen molar-refractivity contribution in [3.05, 3.63) is 101 Å². The van der Waals surface area contributed by atoms with Crippen molar-refractivity contribution in [3.63, 3.8) is 0 Å². The molecule has 0 saturated heterocycles. The molecule has 0 aliphatic rings. The van der Waals surface area contributed by atoms with E-state index < -0.39 is 12.0 Å². The standard InChI is InChI=1S/C23H21ClN2O2/c1-16(22(27)26-20-14-12-19(24)13-15-20)25-23(28)21(17-8-4-2-5-9-17)18-10-6-3-7-11-18/h2-16,21H,1H3,(H,25,28)(H,26,27). The summed E-state index contributed by atoms with van der Waals surface area (Å²) in [5.41, 5.74) is 2.37. The molecule has 0 heterocycles. The Bertz CT molecular complexity index is 888. The van der Waals surface area contributed by atoms with Gasteiger partial charge in [-0.3, -0.25) is 9.59 Å². The molecule has 2 N–H and O–H groups in total. The van der Waals surface area contributed by atoms with Crippen LogP contribution in [0.5, 0.6) is 0 Å². The predicted molar refractivity (Wildman–Crippen MR) is 112 cm³/mol. The molecule has 5 heteroatoms. The monoisotopic (exact) mass is 392 g/mol. The van der Waals surface area contributed by atoms with Gasteiger partial charge in [-0.1, -0.05) is 72.3 Å². The largest absolute Gasteiger partial charge is 0.344 e. The van der Waals surface area contributed by atoms with E-state index >= 15 is 0 Å². The number of anilines is 1. The van der Waals surface area contributed by atoms with E-state index in [1.54, 1.807) is 31.2 Å². The van der Waals surface area contributed by atoms with Crippen LogP contribution in [0, 0.1) is 0 Å². The molecule has 0 aromatic heterocycles. The molecule has 0 radical (unpaired) electrons. The normalized spacial score (nSPS) is 11.7. The summed E-state index contributed by atoms with van der Waals surface area (Å²) in [4.78, 5) is 25.5. The molecule has 3 aromatic carbocycles. The summed E-state index contributed by atoms with van der Waals surface area (Å²) in [6.45, 7) is 1.66. The second kappa shape index (κ2) is 9.20. The van der Waals surface area contributed by atoms with E-state index in [0.717, 1.165) is 11.1 Å². The summed E-state index contributed by atoms with van der Waals surface area (Å²) in [7, 11) is 0. The van der Waals surface area contributed by atoms with Crippen molar-refractivity contribution in [2.45, 2.75) is 18.9 Å². The number of nitrogens with one attached hydrogen (secondary N) is 2. The molecule has 0 spiro atoms. The van der Waals surface area contributed by atoms with Crippen LogP contribution in [-0.2, 0) is 9.59 Å². The van der Waals surface area contributed by atoms with E-state index in [1.807, 2.05) is 60.7 Å². The van der Waals surface area contributed by atoms with Crippen molar-refractivity contribution in [2.75, 3.05) is 5.32 Å². The first-order valence-corrected chi connectivity index (χ1v) is 9.39. The Labute approximate surface area is 169 Å². The first-order valence-electron chi connectivity index (χ1n) is 9.01. The minimum absolute atomic E-state index is 0.226. The Morgan fingerprint density at radius 1 is 0.750 bits per heavy atom. The maximum atomic E-state index is 13.0. The van der Waals surface area contributed by atoms with Crippen molar-refractivity contribution in [3.8, 4) is 0 Å². The van der Waals surface area contributed by atoms with Gasteiger partial charge in [0.2, 0.25) is 11.8 Å². The second-order valence-electron chi connectivity index (χ2n) is 6.48. The topological polar surface area (TPSA) is 58.2 Å². The van der Waals surface area contributed by atoms with Gasteiger partial charge in [-0.15, -0.1) is 0 Å². The van der Waals surface area contributed by atoms with Gasteiger partial charge >= 0.3 is 0 Å². The fourth-order valence-electron chi connectivity index (χ4n) is 2.93. The van der Waals surface area contributed by atoms with Crippen LogP contribution >= 0.6 is 11.6 Å². The summed E-state index contributed by atoms with van der Waals surface area (Å²) >= 11 is 5.86. The highest BCUT2D eigenvalue weighted by Gasteiger charge is 2.25. The lowest BCUT2D eigenvalue weighted by Gasteiger charge is -2.21. The zero-order valence-corrected chi connectivity index (χ0v) is 16.2. The molecule has 4 nitrogen and oxygen atoms in total. The zero-order valence-electron chi connectivity index (χ0n) is 15.4. The third-order valence-electron chi connectivity index (χ3n) is 4.39. The van der Waals surface area contributed by atoms with Crippen LogP contribution < -0.4 is 10.6 Å². The third kappa shape index (κ3) is 4.99. The highest BCUT2D eigenvalue weighted by atomic mass is 35.5. The Hall–Kier alpha value is -3.11. The highest BCUT2D eigenvalue weighted by molar-refractivity contribution is 6.30. The summed E-state index contributed by atoms with van der Waals surface area (Å²) < 4.78 is 0. The summed E-state index contributed by atoms with van der Waals surface area (Å²) in [6.07, 6.45) is 0. The number of rotatable bonds is 6. The quantitative estimate of drug-likeness (QED) is 0.643. The fourth-order valence-corrected chi connectivity index (χ4v) is 3.06. The van der Waals surface area contributed by atoms with Gasteiger partial charge in [0.15, 0.2) is 0 Å². The number of hydrogen-bond donors (Lipinski definition) is 2. The second-order valence-corrected chi connectivity index (χ2v) is 6.92. The lowest BCUT2D eigenvalue weighted by molar-refractivity contribution is -0.126. The number of halogens is 1. The molecule has 0 fully saturated rings. The van der Waals surface area contributed by atoms with Gasteiger partial charge in [-0.25, -0.2) is 0 Å². The Morgan fingerprint density at radius 2 is 1.25 bits per heavy atom. The average Bonchev–Trinajstić information content (AvgIpc) is 2.71. The van der Waals surface area contributed by atoms with E-state index in [9.17, 15) is 9.59 Å². The summed E-state index contributed by atoms with van der Waals surface area (Å²) in [5, 5.41) is 6.20. The predicted octanol–water partition coefficient (Wildman–Crippen LogP) is 4.62. The lowest BCUT2D eigenvalue weighted by Crippen LogP contribution is -2.43. The third-order valence-corrected chi connectivity index (χ3v) is 4.64. The van der Waals surface area contributed by atoms with Crippen LogP contribution in [-0.4, -0.2) is 17.9 Å². The van der Waals surface area contributed by atoms with Gasteiger partial charge in [-0.05, 0) is 42.3 Å². The fraction of sp³-hybridized carbons (Fsp3) is 0.130. The number of carbonyl (C=O) groups excluding carboxylic acids is 2. The molecule has 1 atom stereocenters. The molecule has 28 heavy (non-hydrogen) atoms. The molecule has 0 aliphatic carbocycles. The molecule has 2 amide bonds. The first-order chi connectivity index (χ1) is 13.5. The van der Waals surface area contributed by atoms with E-state index in [2.05, 4.69) is 10.6 Å². The highest BCUT2D eigenvalue weighted by Crippen LogP contribution is 2.25. The van der Waals surface area contributed by atoms with Crippen molar-refractivity contribution in [1.29, 1.82) is 0 Å². The van der Waals surface area contributed by atoms with Gasteiger partial charge in [0.25, 0.3) is 0 Å². The van der Waals surface area contributed by atoms with E-state index in [-0.39, 0.29) is 11.8 Å². The van der Waals surface area contributed by atoms with Crippen molar-refractivity contribution >= 4 is 29.1 Å². The number of hydrogen-bond acceptors (Lipinski definition) is 2. The molecule has 3 rings (SSSR count). The van der Waals surface area contributed by atoms with Gasteiger partial charge < -0.3 is 10.6 Å². The van der Waals surface area contributed by atoms with Crippen LogP contribution in [0.2, 0.25) is 5.02 Å². The molecular weight excluding hydrogens is 372 g/mol. The molecular formula is C23H21ClN2O2. The summed E-state index contributed by atoms with van der Waals surface area (Å²) in [6, 6.07) is 25.2. The van der Waals surface area contributed by atoms with Crippen LogP contribution in [0.1, 0.15) is 24.0 Å². The van der Waals surface area contributed by atoms with Crippen LogP contribution in [0.15, 0.2) is 84.9 Å². The first kappa shape index (κ1) is 19.6. The molecule has 3 aromatic rings. The van der Waals surface area contributed by atoms with Crippen molar-refractivity contribution in [2.24, 2.45) is 0 Å². The minimum atomic E-state index is -0.696. The van der Waals surface area contributed by atoms with Crippen molar-refractivity contribution in [1.82, 2.24) is 5.32 Å². The molecule has 0 bridgehead atoms. The molecule has 1 unspecified atom stereocenters. The average molecular weight is 393 g/mol. The molecule has 0 saturated carbocycles. The zero-order chi connectivity index (χ0) is 19.9. The van der Waals surface area contributed by atoms with Gasteiger partial charge in [0.05, 0.1) is 5.92 Å². The van der Waals surface area contributed by atoms with Crippen LogP contribution in [0.25, 0.3) is 0 Å². The van der Waals surface area contributed by atoms with E-state index in [4.69, 9.17) is 11.6 Å². The van der Waals surface area contributed by atoms with Crippen molar-refractivity contribution < 1.29 is 9.59 Å².